The van der Waals surface area contributed by atoms with Crippen LogP contribution in [-0.2, 0) is 4.74 Å². The lowest BCUT2D eigenvalue weighted by Gasteiger charge is -2.19. The van der Waals surface area contributed by atoms with Crippen LogP contribution in [0.25, 0.3) is 0 Å². The third kappa shape index (κ3) is 4.32. The molecule has 0 aliphatic carbocycles. The van der Waals surface area contributed by atoms with E-state index in [4.69, 9.17) is 4.74 Å². The van der Waals surface area contributed by atoms with Crippen molar-refractivity contribution in [2.24, 2.45) is 0 Å². The van der Waals surface area contributed by atoms with Crippen molar-refractivity contribution in [1.29, 1.82) is 0 Å². The van der Waals surface area contributed by atoms with Gasteiger partial charge in [0.05, 0.1) is 0 Å². The number of nitrogens with zero attached hydrogens (tertiary/aromatic N) is 2. The summed E-state index contributed by atoms with van der Waals surface area (Å²) in [6.07, 6.45) is 2.95. The van der Waals surface area contributed by atoms with Gasteiger partial charge in [0, 0.05) is 39.5 Å². The summed E-state index contributed by atoms with van der Waals surface area (Å²) in [4.78, 5) is 6.62. The quantitative estimate of drug-likeness (QED) is 0.734. The van der Waals surface area contributed by atoms with E-state index in [1.807, 2.05) is 13.2 Å². The molecule has 0 saturated carbocycles. The lowest BCUT2D eigenvalue weighted by atomic mass is 10.1. The third-order valence-electron chi connectivity index (χ3n) is 2.94. The Morgan fingerprint density at radius 2 is 2.24 bits per heavy atom. The Hall–Kier alpha value is -1.13. The van der Waals surface area contributed by atoms with Crippen LogP contribution in [0, 0.1) is 0 Å². The van der Waals surface area contributed by atoms with Gasteiger partial charge in [-0.3, -0.25) is 0 Å². The number of pyridine rings is 1. The minimum atomic E-state index is 0.343. The van der Waals surface area contributed by atoms with E-state index in [-0.39, 0.29) is 0 Å². The number of rotatable bonds is 7. The van der Waals surface area contributed by atoms with Crippen molar-refractivity contribution in [2.75, 3.05) is 39.3 Å². The molecule has 0 bridgehead atoms. The third-order valence-corrected chi connectivity index (χ3v) is 2.94. The van der Waals surface area contributed by atoms with Gasteiger partial charge in [0.1, 0.15) is 5.82 Å². The van der Waals surface area contributed by atoms with Gasteiger partial charge >= 0.3 is 0 Å². The number of hydrogen-bond acceptors (Lipinski definition) is 4. The zero-order chi connectivity index (χ0) is 12.7. The van der Waals surface area contributed by atoms with Crippen LogP contribution in [-0.4, -0.2) is 39.3 Å². The highest BCUT2D eigenvalue weighted by atomic mass is 16.5. The Balaban J connectivity index is 2.54. The second-order valence-electron chi connectivity index (χ2n) is 4.23. The molecule has 1 unspecified atom stereocenters. The molecule has 4 nitrogen and oxygen atoms in total. The molecule has 1 rings (SSSR count). The average molecular weight is 237 g/mol. The van der Waals surface area contributed by atoms with Crippen LogP contribution in [0.5, 0.6) is 0 Å². The van der Waals surface area contributed by atoms with Gasteiger partial charge in [-0.25, -0.2) is 4.98 Å². The monoisotopic (exact) mass is 237 g/mol. The molecule has 0 radical (unpaired) electrons. The van der Waals surface area contributed by atoms with Gasteiger partial charge in [-0.15, -0.1) is 0 Å². The Bertz CT molecular complexity index is 313. The molecule has 96 valence electrons. The maximum Gasteiger partial charge on any atom is 0.128 e. The van der Waals surface area contributed by atoms with Crippen molar-refractivity contribution in [3.05, 3.63) is 23.9 Å². The molecule has 0 aliphatic rings. The normalized spacial score (nSPS) is 12.5. The standard InChI is InChI=1S/C13H23N3O/c1-11(14-2)12-6-7-13(15-10-12)16(3)8-5-9-17-4/h6-7,10-11,14H,5,8-9H2,1-4H3. The Kier molecular flexibility index (Phi) is 5.94. The van der Waals surface area contributed by atoms with Gasteiger partial charge in [-0.2, -0.15) is 0 Å². The van der Waals surface area contributed by atoms with Crippen LogP contribution in [0.15, 0.2) is 18.3 Å². The SMILES string of the molecule is CNC(C)c1ccc(N(C)CCCOC)nc1. The van der Waals surface area contributed by atoms with Gasteiger partial charge in [-0.1, -0.05) is 6.07 Å². The molecule has 0 aromatic carbocycles. The number of aromatic nitrogens is 1. The first-order valence-corrected chi connectivity index (χ1v) is 6.02. The maximum atomic E-state index is 5.04. The zero-order valence-corrected chi connectivity index (χ0v) is 11.2. The highest BCUT2D eigenvalue weighted by Crippen LogP contribution is 2.14. The van der Waals surface area contributed by atoms with E-state index in [0.717, 1.165) is 25.4 Å². The zero-order valence-electron chi connectivity index (χ0n) is 11.2. The molecular formula is C13H23N3O. The largest absolute Gasteiger partial charge is 0.385 e. The summed E-state index contributed by atoms with van der Waals surface area (Å²) in [7, 11) is 5.74. The average Bonchev–Trinajstić information content (AvgIpc) is 2.38. The van der Waals surface area contributed by atoms with Gasteiger partial charge < -0.3 is 15.0 Å². The van der Waals surface area contributed by atoms with Crippen molar-refractivity contribution in [2.45, 2.75) is 19.4 Å². The van der Waals surface area contributed by atoms with E-state index in [9.17, 15) is 0 Å². The maximum absolute atomic E-state index is 5.04. The Morgan fingerprint density at radius 3 is 2.76 bits per heavy atom. The van der Waals surface area contributed by atoms with Crippen molar-refractivity contribution < 1.29 is 4.74 Å². The molecule has 4 heteroatoms. The second-order valence-corrected chi connectivity index (χ2v) is 4.23. The van der Waals surface area contributed by atoms with Gasteiger partial charge in [-0.05, 0) is 32.0 Å². The van der Waals surface area contributed by atoms with E-state index < -0.39 is 0 Å². The molecule has 0 amide bonds. The van der Waals surface area contributed by atoms with Crippen LogP contribution < -0.4 is 10.2 Å². The number of nitrogens with one attached hydrogen (secondary N) is 1. The summed E-state index contributed by atoms with van der Waals surface area (Å²) in [5.41, 5.74) is 1.21. The van der Waals surface area contributed by atoms with Gasteiger partial charge in [0.2, 0.25) is 0 Å². The molecule has 0 fully saturated rings. The molecule has 0 spiro atoms. The molecule has 17 heavy (non-hydrogen) atoms. The first-order valence-electron chi connectivity index (χ1n) is 6.02. The number of hydrogen-bond donors (Lipinski definition) is 1. The van der Waals surface area contributed by atoms with E-state index in [1.54, 1.807) is 7.11 Å². The van der Waals surface area contributed by atoms with E-state index in [1.165, 1.54) is 5.56 Å². The Labute approximate surface area is 104 Å². The van der Waals surface area contributed by atoms with Crippen LogP contribution in [0.1, 0.15) is 24.9 Å². The number of ether oxygens (including phenoxy) is 1. The van der Waals surface area contributed by atoms with Gasteiger partial charge in [0.25, 0.3) is 0 Å². The minimum absolute atomic E-state index is 0.343. The molecule has 1 aromatic rings. The summed E-state index contributed by atoms with van der Waals surface area (Å²) < 4.78 is 5.04. The van der Waals surface area contributed by atoms with E-state index >= 15 is 0 Å². The number of methoxy groups -OCH3 is 1. The van der Waals surface area contributed by atoms with Crippen molar-refractivity contribution in [3.8, 4) is 0 Å². The van der Waals surface area contributed by atoms with Crippen LogP contribution in [0.3, 0.4) is 0 Å². The minimum Gasteiger partial charge on any atom is -0.385 e. The molecule has 0 saturated heterocycles. The predicted molar refractivity (Wildman–Crippen MR) is 71.5 cm³/mol. The molecule has 0 aliphatic heterocycles. The summed E-state index contributed by atoms with van der Waals surface area (Å²) >= 11 is 0. The first kappa shape index (κ1) is 13.9. The summed E-state index contributed by atoms with van der Waals surface area (Å²) in [6, 6.07) is 4.53. The fraction of sp³-hybridized carbons (Fsp3) is 0.615. The highest BCUT2D eigenvalue weighted by molar-refractivity contribution is 5.38. The van der Waals surface area contributed by atoms with Gasteiger partial charge in [0.15, 0.2) is 0 Å². The van der Waals surface area contributed by atoms with Crippen LogP contribution in [0.4, 0.5) is 5.82 Å². The van der Waals surface area contributed by atoms with E-state index in [0.29, 0.717) is 6.04 Å². The molecule has 1 heterocycles. The fourth-order valence-electron chi connectivity index (χ4n) is 1.61. The first-order chi connectivity index (χ1) is 8.19. The molecule has 1 N–H and O–H groups in total. The van der Waals surface area contributed by atoms with Crippen molar-refractivity contribution >= 4 is 5.82 Å². The predicted octanol–water partition coefficient (Wildman–Crippen LogP) is 1.83. The molecule has 1 aromatic heterocycles. The summed E-state index contributed by atoms with van der Waals surface area (Å²) in [5, 5.41) is 3.20. The molecular weight excluding hydrogens is 214 g/mol. The number of anilines is 1. The van der Waals surface area contributed by atoms with Crippen LogP contribution >= 0.6 is 0 Å². The molecule has 1 atom stereocenters. The fourth-order valence-corrected chi connectivity index (χ4v) is 1.61. The second kappa shape index (κ2) is 7.25. The Morgan fingerprint density at radius 1 is 1.47 bits per heavy atom. The summed E-state index contributed by atoms with van der Waals surface area (Å²) in [5.74, 6) is 1.01. The summed E-state index contributed by atoms with van der Waals surface area (Å²) in [6.45, 7) is 3.87. The van der Waals surface area contributed by atoms with Crippen molar-refractivity contribution in [1.82, 2.24) is 10.3 Å². The lowest BCUT2D eigenvalue weighted by Crippen LogP contribution is -2.21. The van der Waals surface area contributed by atoms with Crippen molar-refractivity contribution in [3.63, 3.8) is 0 Å². The topological polar surface area (TPSA) is 37.4 Å². The highest BCUT2D eigenvalue weighted by Gasteiger charge is 2.05. The lowest BCUT2D eigenvalue weighted by molar-refractivity contribution is 0.196. The smallest absolute Gasteiger partial charge is 0.128 e. The van der Waals surface area contributed by atoms with E-state index in [2.05, 4.69) is 41.3 Å². The van der Waals surface area contributed by atoms with Crippen LogP contribution in [0.2, 0.25) is 0 Å².